The van der Waals surface area contributed by atoms with Crippen LogP contribution in [0.5, 0.6) is 0 Å². The highest BCUT2D eigenvalue weighted by molar-refractivity contribution is 5.86. The molecule has 1 aromatic carbocycles. The third-order valence-electron chi connectivity index (χ3n) is 3.20. The molecule has 1 saturated heterocycles. The van der Waals surface area contributed by atoms with Crippen molar-refractivity contribution < 1.29 is 14.3 Å². The second-order valence-electron chi connectivity index (χ2n) is 6.21. The molecule has 1 atom stereocenters. The molecular formula is C16H21NO3. The van der Waals surface area contributed by atoms with Gasteiger partial charge in [0.05, 0.1) is 6.54 Å². The summed E-state index contributed by atoms with van der Waals surface area (Å²) in [6, 6.07) is 9.84. The first-order chi connectivity index (χ1) is 9.35. The van der Waals surface area contributed by atoms with Crippen LogP contribution in [0.25, 0.3) is 0 Å². The lowest BCUT2D eigenvalue weighted by Gasteiger charge is -2.33. The second kappa shape index (κ2) is 5.65. The van der Waals surface area contributed by atoms with Crippen LogP contribution in [0.3, 0.4) is 0 Å². The van der Waals surface area contributed by atoms with E-state index in [0.29, 0.717) is 13.0 Å². The van der Waals surface area contributed by atoms with Crippen LogP contribution in [0.1, 0.15) is 38.7 Å². The Bertz CT molecular complexity index is 490. The van der Waals surface area contributed by atoms with Gasteiger partial charge < -0.3 is 9.64 Å². The fourth-order valence-corrected chi connectivity index (χ4v) is 2.36. The van der Waals surface area contributed by atoms with Gasteiger partial charge in [-0.3, -0.25) is 4.79 Å². The largest absolute Gasteiger partial charge is 0.444 e. The number of benzene rings is 1. The highest BCUT2D eigenvalue weighted by atomic mass is 16.6. The number of amides is 1. The van der Waals surface area contributed by atoms with Crippen LogP contribution in [0, 0.1) is 0 Å². The van der Waals surface area contributed by atoms with Crippen LogP contribution in [-0.2, 0) is 9.53 Å². The summed E-state index contributed by atoms with van der Waals surface area (Å²) in [5.41, 5.74) is 0.550. The minimum absolute atomic E-state index is 0.0602. The van der Waals surface area contributed by atoms with Crippen LogP contribution in [0.15, 0.2) is 30.3 Å². The number of ether oxygens (including phenoxy) is 1. The molecule has 0 spiro atoms. The van der Waals surface area contributed by atoms with Crippen molar-refractivity contribution in [3.63, 3.8) is 0 Å². The van der Waals surface area contributed by atoms with Crippen molar-refractivity contribution in [3.05, 3.63) is 35.9 Å². The van der Waals surface area contributed by atoms with Gasteiger partial charge in [-0.1, -0.05) is 30.3 Å². The smallest absolute Gasteiger partial charge is 0.410 e. The average Bonchev–Trinajstić information content (AvgIpc) is 2.37. The maximum absolute atomic E-state index is 12.1. The van der Waals surface area contributed by atoms with E-state index < -0.39 is 11.7 Å². The van der Waals surface area contributed by atoms with Gasteiger partial charge >= 0.3 is 6.09 Å². The number of piperidine rings is 1. The third kappa shape index (κ3) is 3.83. The normalized spacial score (nSPS) is 19.9. The van der Waals surface area contributed by atoms with E-state index in [2.05, 4.69) is 0 Å². The predicted molar refractivity (Wildman–Crippen MR) is 76.6 cm³/mol. The van der Waals surface area contributed by atoms with E-state index in [1.54, 1.807) is 0 Å². The zero-order valence-corrected chi connectivity index (χ0v) is 12.3. The first-order valence-electron chi connectivity index (χ1n) is 6.90. The SMILES string of the molecule is CC(C)(C)OC(=O)N1CC(=O)C[C@H](c2ccccc2)C1. The lowest BCUT2D eigenvalue weighted by Crippen LogP contribution is -2.45. The van der Waals surface area contributed by atoms with E-state index >= 15 is 0 Å². The van der Waals surface area contributed by atoms with E-state index in [1.165, 1.54) is 4.90 Å². The molecular weight excluding hydrogens is 254 g/mol. The maximum atomic E-state index is 12.1. The fourth-order valence-electron chi connectivity index (χ4n) is 2.36. The summed E-state index contributed by atoms with van der Waals surface area (Å²) in [4.78, 5) is 25.5. The van der Waals surface area contributed by atoms with Gasteiger partial charge in [0, 0.05) is 18.9 Å². The number of hydrogen-bond donors (Lipinski definition) is 0. The zero-order chi connectivity index (χ0) is 14.8. The molecule has 1 amide bonds. The van der Waals surface area contributed by atoms with Gasteiger partial charge in [-0.2, -0.15) is 0 Å². The van der Waals surface area contributed by atoms with Crippen LogP contribution in [-0.4, -0.2) is 35.5 Å². The number of carbonyl (C=O) groups is 2. The number of ketones is 1. The molecule has 0 unspecified atom stereocenters. The Morgan fingerprint density at radius 2 is 1.90 bits per heavy atom. The molecule has 0 bridgehead atoms. The first-order valence-corrected chi connectivity index (χ1v) is 6.90. The molecule has 4 heteroatoms. The molecule has 0 N–H and O–H groups in total. The number of rotatable bonds is 1. The highest BCUT2D eigenvalue weighted by Crippen LogP contribution is 2.26. The van der Waals surface area contributed by atoms with E-state index in [1.807, 2.05) is 51.1 Å². The van der Waals surface area contributed by atoms with Crippen molar-refractivity contribution in [2.75, 3.05) is 13.1 Å². The van der Waals surface area contributed by atoms with Crippen molar-refractivity contribution in [3.8, 4) is 0 Å². The van der Waals surface area contributed by atoms with Gasteiger partial charge in [-0.15, -0.1) is 0 Å². The molecule has 1 fully saturated rings. The maximum Gasteiger partial charge on any atom is 0.410 e. The van der Waals surface area contributed by atoms with Crippen molar-refractivity contribution in [2.45, 2.75) is 38.7 Å². The van der Waals surface area contributed by atoms with Gasteiger partial charge in [-0.05, 0) is 26.3 Å². The summed E-state index contributed by atoms with van der Waals surface area (Å²) in [6.07, 6.45) is 0.0787. The van der Waals surface area contributed by atoms with Crippen molar-refractivity contribution in [2.24, 2.45) is 0 Å². The molecule has 1 aromatic rings. The first kappa shape index (κ1) is 14.6. The Hall–Kier alpha value is -1.84. The molecule has 20 heavy (non-hydrogen) atoms. The Balaban J connectivity index is 2.09. The third-order valence-corrected chi connectivity index (χ3v) is 3.20. The number of carbonyl (C=O) groups excluding carboxylic acids is 2. The zero-order valence-electron chi connectivity index (χ0n) is 12.3. The Labute approximate surface area is 119 Å². The summed E-state index contributed by atoms with van der Waals surface area (Å²) in [6.45, 7) is 6.16. The van der Waals surface area contributed by atoms with Crippen LogP contribution >= 0.6 is 0 Å². The molecule has 108 valence electrons. The quantitative estimate of drug-likeness (QED) is 0.791. The summed E-state index contributed by atoms with van der Waals surface area (Å²) in [7, 11) is 0. The van der Waals surface area contributed by atoms with Crippen molar-refractivity contribution in [1.29, 1.82) is 0 Å². The Morgan fingerprint density at radius 3 is 2.50 bits per heavy atom. The molecule has 0 saturated carbocycles. The average molecular weight is 275 g/mol. The second-order valence-corrected chi connectivity index (χ2v) is 6.21. The minimum Gasteiger partial charge on any atom is -0.444 e. The van der Waals surface area contributed by atoms with Crippen LogP contribution in [0.4, 0.5) is 4.79 Å². The summed E-state index contributed by atoms with van der Waals surface area (Å²) in [5.74, 6) is 0.140. The van der Waals surface area contributed by atoms with E-state index in [0.717, 1.165) is 5.56 Å². The van der Waals surface area contributed by atoms with Gasteiger partial charge in [0.2, 0.25) is 0 Å². The van der Waals surface area contributed by atoms with E-state index in [9.17, 15) is 9.59 Å². The number of nitrogens with zero attached hydrogens (tertiary/aromatic N) is 1. The molecule has 1 aliphatic rings. The van der Waals surface area contributed by atoms with Crippen LogP contribution in [0.2, 0.25) is 0 Å². The predicted octanol–water partition coefficient (Wildman–Crippen LogP) is 2.98. The van der Waals surface area contributed by atoms with E-state index in [-0.39, 0.29) is 18.2 Å². The van der Waals surface area contributed by atoms with Crippen molar-refractivity contribution in [1.82, 2.24) is 4.90 Å². The highest BCUT2D eigenvalue weighted by Gasteiger charge is 2.31. The van der Waals surface area contributed by atoms with E-state index in [4.69, 9.17) is 4.74 Å². The lowest BCUT2D eigenvalue weighted by atomic mass is 9.90. The number of hydrogen-bond acceptors (Lipinski definition) is 3. The standard InChI is InChI=1S/C16H21NO3/c1-16(2,3)20-15(19)17-10-13(9-14(18)11-17)12-7-5-4-6-8-12/h4-8,13H,9-11H2,1-3H3/t13-/m0/s1. The molecule has 1 heterocycles. The Morgan fingerprint density at radius 1 is 1.25 bits per heavy atom. The Kier molecular flexibility index (Phi) is 4.12. The molecule has 0 aliphatic carbocycles. The monoisotopic (exact) mass is 275 g/mol. The van der Waals surface area contributed by atoms with Gasteiger partial charge in [0.15, 0.2) is 5.78 Å². The topological polar surface area (TPSA) is 46.6 Å². The van der Waals surface area contributed by atoms with Gasteiger partial charge in [0.1, 0.15) is 5.60 Å². The summed E-state index contributed by atoms with van der Waals surface area (Å²) < 4.78 is 5.34. The fraction of sp³-hybridized carbons (Fsp3) is 0.500. The molecule has 0 radical (unpaired) electrons. The van der Waals surface area contributed by atoms with Crippen LogP contribution < -0.4 is 0 Å². The summed E-state index contributed by atoms with van der Waals surface area (Å²) >= 11 is 0. The van der Waals surface area contributed by atoms with Crippen molar-refractivity contribution >= 4 is 11.9 Å². The molecule has 2 rings (SSSR count). The minimum atomic E-state index is -0.542. The number of Topliss-reactive ketones (excluding diaryl/α,β-unsaturated/α-hetero) is 1. The molecule has 4 nitrogen and oxygen atoms in total. The molecule has 0 aromatic heterocycles. The lowest BCUT2D eigenvalue weighted by molar-refractivity contribution is -0.122. The van der Waals surface area contributed by atoms with Gasteiger partial charge in [0.25, 0.3) is 0 Å². The molecule has 1 aliphatic heterocycles. The summed E-state index contributed by atoms with van der Waals surface area (Å²) in [5, 5.41) is 0. The number of likely N-dealkylation sites (tertiary alicyclic amines) is 1. The van der Waals surface area contributed by atoms with Gasteiger partial charge in [-0.25, -0.2) is 4.79 Å².